The molecule has 64 valence electrons. The van der Waals surface area contributed by atoms with Gasteiger partial charge in [0.2, 0.25) is 5.65 Å². The van der Waals surface area contributed by atoms with E-state index in [-0.39, 0.29) is 0 Å². The van der Waals surface area contributed by atoms with E-state index in [1.54, 1.807) is 0 Å². The van der Waals surface area contributed by atoms with Gasteiger partial charge in [0.1, 0.15) is 5.52 Å². The molecular weight excluding hydrogens is 174 g/mol. The number of nitrogens with zero attached hydrogens (tertiary/aromatic N) is 5. The van der Waals surface area contributed by atoms with Gasteiger partial charge >= 0.3 is 5.69 Å². The summed E-state index contributed by atoms with van der Waals surface area (Å²) in [6.45, 7) is 0. The van der Waals surface area contributed by atoms with E-state index in [0.29, 0.717) is 16.8 Å². The van der Waals surface area contributed by atoms with E-state index in [2.05, 4.69) is 30.5 Å². The molecule has 0 aliphatic heterocycles. The van der Waals surface area contributed by atoms with Crippen LogP contribution in [0.25, 0.3) is 16.8 Å². The van der Waals surface area contributed by atoms with Crippen molar-refractivity contribution in [3.05, 3.63) is 16.8 Å². The van der Waals surface area contributed by atoms with Gasteiger partial charge in [-0.25, -0.2) is 9.78 Å². The first-order chi connectivity index (χ1) is 6.36. The molecule has 0 aromatic carbocycles. The lowest BCUT2D eigenvalue weighted by Crippen LogP contribution is -2.17. The van der Waals surface area contributed by atoms with Crippen molar-refractivity contribution in [2.45, 2.75) is 0 Å². The van der Waals surface area contributed by atoms with Crippen molar-refractivity contribution in [3.63, 3.8) is 0 Å². The van der Waals surface area contributed by atoms with Crippen LogP contribution in [0.1, 0.15) is 0 Å². The second kappa shape index (κ2) is 1.91. The van der Waals surface area contributed by atoms with Crippen LogP contribution in [-0.2, 0) is 0 Å². The van der Waals surface area contributed by atoms with E-state index in [4.69, 9.17) is 0 Å². The molecule has 0 amide bonds. The minimum absolute atomic E-state index is 0.372. The van der Waals surface area contributed by atoms with Gasteiger partial charge in [-0.05, 0) is 10.4 Å². The number of aromatic nitrogens is 7. The van der Waals surface area contributed by atoms with Crippen molar-refractivity contribution in [1.82, 2.24) is 35.0 Å². The molecular formula is C5H3N7O. The molecule has 0 saturated carbocycles. The highest BCUT2D eigenvalue weighted by molar-refractivity contribution is 5.83. The van der Waals surface area contributed by atoms with Crippen molar-refractivity contribution in [1.29, 1.82) is 0 Å². The normalized spacial score (nSPS) is 11.4. The molecule has 0 atom stereocenters. The highest BCUT2D eigenvalue weighted by Crippen LogP contribution is 2.06. The fraction of sp³-hybridized carbons (Fsp3) is 0. The van der Waals surface area contributed by atoms with Crippen molar-refractivity contribution in [2.75, 3.05) is 0 Å². The zero-order valence-electron chi connectivity index (χ0n) is 6.22. The van der Waals surface area contributed by atoms with Gasteiger partial charge in [0.15, 0.2) is 5.65 Å². The van der Waals surface area contributed by atoms with Crippen LogP contribution in [0.3, 0.4) is 0 Å². The lowest BCUT2D eigenvalue weighted by Gasteiger charge is -1.88. The Kier molecular flexibility index (Phi) is 0.925. The highest BCUT2D eigenvalue weighted by Gasteiger charge is 2.08. The number of nitrogens with one attached hydrogen (secondary N) is 2. The van der Waals surface area contributed by atoms with E-state index in [9.17, 15) is 4.79 Å². The van der Waals surface area contributed by atoms with Gasteiger partial charge in [-0.1, -0.05) is 0 Å². The van der Waals surface area contributed by atoms with Crippen LogP contribution >= 0.6 is 0 Å². The number of fused-ring (bicyclic) bond motifs is 3. The molecule has 0 bridgehead atoms. The maximum atomic E-state index is 11.3. The SMILES string of the molecule is O=c1[nH]c2nc[nH]c2c2nnnn12. The topological polar surface area (TPSA) is 105 Å². The van der Waals surface area contributed by atoms with Crippen molar-refractivity contribution in [2.24, 2.45) is 0 Å². The molecule has 8 nitrogen and oxygen atoms in total. The Morgan fingerprint density at radius 3 is 3.31 bits per heavy atom. The van der Waals surface area contributed by atoms with Crippen LogP contribution in [0.2, 0.25) is 0 Å². The molecule has 0 aliphatic carbocycles. The zero-order valence-corrected chi connectivity index (χ0v) is 6.22. The zero-order chi connectivity index (χ0) is 8.84. The standard InChI is InChI=1S/C5H3N7O/c13-5-8-3-2(6-1-7-3)4-9-10-11-12(4)5/h1H,(H,6,7)(H,8,13). The second-order valence-corrected chi connectivity index (χ2v) is 2.47. The first kappa shape index (κ1) is 6.29. The number of H-pyrrole nitrogens is 2. The molecule has 3 aromatic heterocycles. The molecule has 8 heteroatoms. The second-order valence-electron chi connectivity index (χ2n) is 2.47. The monoisotopic (exact) mass is 177 g/mol. The molecule has 0 saturated heterocycles. The Hall–Kier alpha value is -2.25. The Balaban J connectivity index is 2.79. The predicted molar refractivity (Wildman–Crippen MR) is 41.1 cm³/mol. The lowest BCUT2D eigenvalue weighted by molar-refractivity contribution is 0.786. The van der Waals surface area contributed by atoms with Gasteiger partial charge in [0.05, 0.1) is 6.33 Å². The van der Waals surface area contributed by atoms with E-state index >= 15 is 0 Å². The summed E-state index contributed by atoms with van der Waals surface area (Å²) in [6.07, 6.45) is 1.47. The van der Waals surface area contributed by atoms with Crippen LogP contribution in [-0.4, -0.2) is 35.0 Å². The minimum atomic E-state index is -0.403. The summed E-state index contributed by atoms with van der Waals surface area (Å²) in [4.78, 5) is 20.5. The van der Waals surface area contributed by atoms with Crippen LogP contribution in [0.15, 0.2) is 11.1 Å². The van der Waals surface area contributed by atoms with Crippen LogP contribution < -0.4 is 5.69 Å². The summed E-state index contributed by atoms with van der Waals surface area (Å²) in [5, 5.41) is 10.6. The van der Waals surface area contributed by atoms with E-state index < -0.39 is 5.69 Å². The fourth-order valence-electron chi connectivity index (χ4n) is 1.19. The summed E-state index contributed by atoms with van der Waals surface area (Å²) in [5.74, 6) is 0. The summed E-state index contributed by atoms with van der Waals surface area (Å²) in [7, 11) is 0. The molecule has 0 spiro atoms. The summed E-state index contributed by atoms with van der Waals surface area (Å²) in [5.41, 5.74) is 1.03. The number of rotatable bonds is 0. The Bertz CT molecular complexity index is 631. The van der Waals surface area contributed by atoms with Crippen LogP contribution in [0, 0.1) is 0 Å². The summed E-state index contributed by atoms with van der Waals surface area (Å²) >= 11 is 0. The Labute approximate surface area is 69.6 Å². The average Bonchev–Trinajstić information content (AvgIpc) is 2.66. The number of hydrogen-bond donors (Lipinski definition) is 2. The maximum Gasteiger partial charge on any atom is 0.351 e. The van der Waals surface area contributed by atoms with E-state index in [0.717, 1.165) is 4.52 Å². The maximum absolute atomic E-state index is 11.3. The molecule has 3 rings (SSSR count). The number of aromatic amines is 2. The van der Waals surface area contributed by atoms with Gasteiger partial charge in [0, 0.05) is 0 Å². The van der Waals surface area contributed by atoms with Crippen molar-refractivity contribution < 1.29 is 0 Å². The lowest BCUT2D eigenvalue weighted by atomic mass is 10.5. The van der Waals surface area contributed by atoms with Crippen molar-refractivity contribution in [3.8, 4) is 0 Å². The van der Waals surface area contributed by atoms with E-state index in [1.807, 2.05) is 0 Å². The number of hydrogen-bond acceptors (Lipinski definition) is 5. The number of imidazole rings is 1. The van der Waals surface area contributed by atoms with E-state index in [1.165, 1.54) is 6.33 Å². The Morgan fingerprint density at radius 2 is 2.38 bits per heavy atom. The minimum Gasteiger partial charge on any atom is -0.340 e. The summed E-state index contributed by atoms with van der Waals surface area (Å²) < 4.78 is 1.07. The van der Waals surface area contributed by atoms with Gasteiger partial charge in [-0.2, -0.15) is 0 Å². The molecule has 2 N–H and O–H groups in total. The molecule has 0 unspecified atom stereocenters. The van der Waals surface area contributed by atoms with Gasteiger partial charge in [0.25, 0.3) is 0 Å². The van der Waals surface area contributed by atoms with Gasteiger partial charge in [-0.15, -0.1) is 9.61 Å². The van der Waals surface area contributed by atoms with Crippen LogP contribution in [0.5, 0.6) is 0 Å². The predicted octanol–water partition coefficient (Wildman–Crippen LogP) is -1.31. The summed E-state index contributed by atoms with van der Waals surface area (Å²) in [6, 6.07) is 0. The third-order valence-electron chi connectivity index (χ3n) is 1.75. The number of tetrazole rings is 1. The Morgan fingerprint density at radius 1 is 1.46 bits per heavy atom. The highest BCUT2D eigenvalue weighted by atomic mass is 16.1. The molecule has 13 heavy (non-hydrogen) atoms. The third-order valence-corrected chi connectivity index (χ3v) is 1.75. The van der Waals surface area contributed by atoms with Gasteiger partial charge in [-0.3, -0.25) is 4.98 Å². The smallest absolute Gasteiger partial charge is 0.340 e. The van der Waals surface area contributed by atoms with Crippen molar-refractivity contribution >= 4 is 16.8 Å². The molecule has 3 heterocycles. The molecule has 0 radical (unpaired) electrons. The van der Waals surface area contributed by atoms with Gasteiger partial charge < -0.3 is 4.98 Å². The van der Waals surface area contributed by atoms with Crippen LogP contribution in [0.4, 0.5) is 0 Å². The average molecular weight is 177 g/mol. The molecule has 0 fully saturated rings. The largest absolute Gasteiger partial charge is 0.351 e. The quantitative estimate of drug-likeness (QED) is 0.443. The first-order valence-electron chi connectivity index (χ1n) is 3.50. The fourth-order valence-corrected chi connectivity index (χ4v) is 1.19. The molecule has 3 aromatic rings. The third kappa shape index (κ3) is 0.662. The first-order valence-corrected chi connectivity index (χ1v) is 3.50. The molecule has 0 aliphatic rings.